The number of nitrogens with two attached hydrogens (primary N) is 1. The van der Waals surface area contributed by atoms with E-state index in [9.17, 15) is 0 Å². The van der Waals surface area contributed by atoms with E-state index in [-0.39, 0.29) is 0 Å². The summed E-state index contributed by atoms with van der Waals surface area (Å²) in [6, 6.07) is 0. The molecule has 1 aromatic rings. The van der Waals surface area contributed by atoms with Crippen LogP contribution in [0.3, 0.4) is 0 Å². The summed E-state index contributed by atoms with van der Waals surface area (Å²) in [5, 5.41) is 10.5. The zero-order valence-electron chi connectivity index (χ0n) is 9.06. The van der Waals surface area contributed by atoms with E-state index in [1.54, 1.807) is 0 Å². The van der Waals surface area contributed by atoms with Gasteiger partial charge < -0.3 is 11.1 Å². The van der Waals surface area contributed by atoms with Crippen molar-refractivity contribution in [3.8, 4) is 0 Å². The van der Waals surface area contributed by atoms with Gasteiger partial charge >= 0.3 is 0 Å². The number of aromatic amines is 1. The van der Waals surface area contributed by atoms with E-state index in [0.29, 0.717) is 0 Å². The largest absolute Gasteiger partial charge is 0.330 e. The average Bonchev–Trinajstić information content (AvgIpc) is 2.48. The summed E-state index contributed by atoms with van der Waals surface area (Å²) in [6.07, 6.45) is 2.09. The summed E-state index contributed by atoms with van der Waals surface area (Å²) in [5.41, 5.74) is 9.03. The first-order chi connectivity index (χ1) is 6.75. The molecule has 1 aromatic heterocycles. The summed E-state index contributed by atoms with van der Waals surface area (Å²) in [4.78, 5) is 0. The van der Waals surface area contributed by atoms with Crippen LogP contribution in [-0.2, 0) is 6.42 Å². The first-order valence-electron chi connectivity index (χ1n) is 5.17. The molecule has 1 heterocycles. The van der Waals surface area contributed by atoms with Crippen molar-refractivity contribution < 1.29 is 0 Å². The minimum atomic E-state index is 0.761. The van der Waals surface area contributed by atoms with Gasteiger partial charge in [-0.15, -0.1) is 0 Å². The highest BCUT2D eigenvalue weighted by Crippen LogP contribution is 2.08. The Morgan fingerprint density at radius 1 is 1.36 bits per heavy atom. The standard InChI is InChI=1S/C10H20N4/c1-8-10(9(2)14-13-8)4-7-12-6-3-5-11/h12H,3-7,11H2,1-2H3,(H,13,14). The maximum Gasteiger partial charge on any atom is 0.0626 e. The van der Waals surface area contributed by atoms with Crippen molar-refractivity contribution in [1.29, 1.82) is 0 Å². The molecule has 0 unspecified atom stereocenters. The van der Waals surface area contributed by atoms with Gasteiger partial charge in [0.1, 0.15) is 0 Å². The van der Waals surface area contributed by atoms with E-state index < -0.39 is 0 Å². The third-order valence-corrected chi connectivity index (χ3v) is 2.39. The van der Waals surface area contributed by atoms with E-state index >= 15 is 0 Å². The van der Waals surface area contributed by atoms with Crippen LogP contribution in [0.15, 0.2) is 0 Å². The van der Waals surface area contributed by atoms with Gasteiger partial charge in [-0.05, 0) is 51.9 Å². The van der Waals surface area contributed by atoms with Gasteiger partial charge in [-0.1, -0.05) is 0 Å². The summed E-state index contributed by atoms with van der Waals surface area (Å²) in [5.74, 6) is 0. The molecule has 14 heavy (non-hydrogen) atoms. The van der Waals surface area contributed by atoms with Crippen molar-refractivity contribution in [2.75, 3.05) is 19.6 Å². The highest BCUT2D eigenvalue weighted by Gasteiger charge is 2.04. The van der Waals surface area contributed by atoms with E-state index in [4.69, 9.17) is 5.73 Å². The number of nitrogens with zero attached hydrogens (tertiary/aromatic N) is 1. The Kier molecular flexibility index (Phi) is 4.62. The molecule has 0 saturated heterocycles. The van der Waals surface area contributed by atoms with Gasteiger partial charge in [-0.2, -0.15) is 5.10 Å². The predicted octanol–water partition coefficient (Wildman–Crippen LogP) is 0.507. The van der Waals surface area contributed by atoms with Gasteiger partial charge in [0, 0.05) is 5.69 Å². The number of H-pyrrole nitrogens is 1. The molecule has 0 fully saturated rings. The Hall–Kier alpha value is -0.870. The molecule has 0 aliphatic rings. The first-order valence-corrected chi connectivity index (χ1v) is 5.17. The van der Waals surface area contributed by atoms with Crippen LogP contribution in [0.4, 0.5) is 0 Å². The molecule has 1 rings (SSSR count). The molecule has 0 aliphatic carbocycles. The monoisotopic (exact) mass is 196 g/mol. The van der Waals surface area contributed by atoms with E-state index in [2.05, 4.69) is 22.4 Å². The Bertz CT molecular complexity index is 248. The Balaban J connectivity index is 2.24. The quantitative estimate of drug-likeness (QED) is 0.581. The summed E-state index contributed by atoms with van der Waals surface area (Å²) >= 11 is 0. The smallest absolute Gasteiger partial charge is 0.0626 e. The fourth-order valence-corrected chi connectivity index (χ4v) is 1.51. The van der Waals surface area contributed by atoms with Crippen LogP contribution < -0.4 is 11.1 Å². The minimum Gasteiger partial charge on any atom is -0.330 e. The van der Waals surface area contributed by atoms with Crippen molar-refractivity contribution in [1.82, 2.24) is 15.5 Å². The lowest BCUT2D eigenvalue weighted by atomic mass is 10.1. The molecule has 4 nitrogen and oxygen atoms in total. The van der Waals surface area contributed by atoms with Crippen molar-refractivity contribution in [3.05, 3.63) is 17.0 Å². The third-order valence-electron chi connectivity index (χ3n) is 2.39. The maximum atomic E-state index is 5.40. The second-order valence-corrected chi connectivity index (χ2v) is 3.55. The minimum absolute atomic E-state index is 0.761. The molecular weight excluding hydrogens is 176 g/mol. The molecule has 0 spiro atoms. The Labute approximate surface area is 85.3 Å². The van der Waals surface area contributed by atoms with E-state index in [1.807, 2.05) is 6.92 Å². The lowest BCUT2D eigenvalue weighted by molar-refractivity contribution is 0.651. The molecule has 0 aliphatic heterocycles. The third kappa shape index (κ3) is 3.12. The fourth-order valence-electron chi connectivity index (χ4n) is 1.51. The van der Waals surface area contributed by atoms with Crippen LogP contribution in [0, 0.1) is 13.8 Å². The number of aromatic nitrogens is 2. The molecule has 4 N–H and O–H groups in total. The van der Waals surface area contributed by atoms with Crippen LogP contribution in [0.1, 0.15) is 23.4 Å². The van der Waals surface area contributed by atoms with Gasteiger partial charge in [0.2, 0.25) is 0 Å². The van der Waals surface area contributed by atoms with Gasteiger partial charge in [-0.25, -0.2) is 0 Å². The lowest BCUT2D eigenvalue weighted by Crippen LogP contribution is -2.21. The number of nitrogens with one attached hydrogen (secondary N) is 2. The van der Waals surface area contributed by atoms with Crippen molar-refractivity contribution >= 4 is 0 Å². The molecule has 80 valence electrons. The average molecular weight is 196 g/mol. The summed E-state index contributed by atoms with van der Waals surface area (Å²) < 4.78 is 0. The van der Waals surface area contributed by atoms with Crippen molar-refractivity contribution in [3.63, 3.8) is 0 Å². The molecule has 0 amide bonds. The van der Waals surface area contributed by atoms with E-state index in [1.165, 1.54) is 11.3 Å². The molecule has 0 aromatic carbocycles. The SMILES string of the molecule is Cc1n[nH]c(C)c1CCNCCCN. The van der Waals surface area contributed by atoms with Gasteiger partial charge in [0.15, 0.2) is 0 Å². The van der Waals surface area contributed by atoms with Gasteiger partial charge in [0.05, 0.1) is 5.69 Å². The second-order valence-electron chi connectivity index (χ2n) is 3.55. The lowest BCUT2D eigenvalue weighted by Gasteiger charge is -2.03. The van der Waals surface area contributed by atoms with Crippen LogP contribution in [0.2, 0.25) is 0 Å². The topological polar surface area (TPSA) is 66.7 Å². The molecule has 4 heteroatoms. The van der Waals surface area contributed by atoms with Crippen molar-refractivity contribution in [2.45, 2.75) is 26.7 Å². The highest BCUT2D eigenvalue weighted by molar-refractivity contribution is 5.23. The highest BCUT2D eigenvalue weighted by atomic mass is 15.1. The molecule has 0 saturated carbocycles. The molecular formula is C10H20N4. The van der Waals surface area contributed by atoms with Crippen LogP contribution in [0.25, 0.3) is 0 Å². The van der Waals surface area contributed by atoms with Gasteiger partial charge in [-0.3, -0.25) is 5.10 Å². The van der Waals surface area contributed by atoms with Crippen LogP contribution in [-0.4, -0.2) is 29.8 Å². The van der Waals surface area contributed by atoms with E-state index in [0.717, 1.165) is 38.2 Å². The zero-order chi connectivity index (χ0) is 10.4. The molecule has 0 atom stereocenters. The first kappa shape index (κ1) is 11.2. The number of hydrogen-bond acceptors (Lipinski definition) is 3. The Morgan fingerprint density at radius 3 is 2.71 bits per heavy atom. The summed E-state index contributed by atoms with van der Waals surface area (Å²) in [6.45, 7) is 6.87. The van der Waals surface area contributed by atoms with Gasteiger partial charge in [0.25, 0.3) is 0 Å². The van der Waals surface area contributed by atoms with Crippen LogP contribution >= 0.6 is 0 Å². The molecule has 0 radical (unpaired) electrons. The second kappa shape index (κ2) is 5.78. The summed E-state index contributed by atoms with van der Waals surface area (Å²) in [7, 11) is 0. The fraction of sp³-hybridized carbons (Fsp3) is 0.700. The number of hydrogen-bond donors (Lipinski definition) is 3. The number of aryl methyl sites for hydroxylation is 2. The maximum absolute atomic E-state index is 5.40. The predicted molar refractivity (Wildman–Crippen MR) is 58.3 cm³/mol. The number of rotatable bonds is 6. The normalized spacial score (nSPS) is 10.8. The van der Waals surface area contributed by atoms with Crippen LogP contribution in [0.5, 0.6) is 0 Å². The Morgan fingerprint density at radius 2 is 2.14 bits per heavy atom. The molecule has 0 bridgehead atoms. The zero-order valence-corrected chi connectivity index (χ0v) is 9.06. The van der Waals surface area contributed by atoms with Crippen molar-refractivity contribution in [2.24, 2.45) is 5.73 Å².